The lowest BCUT2D eigenvalue weighted by Crippen LogP contribution is -2.27. The Hall–Kier alpha value is -1.51. The van der Waals surface area contributed by atoms with Crippen molar-refractivity contribution in [1.29, 1.82) is 0 Å². The van der Waals surface area contributed by atoms with Gasteiger partial charge in [-0.25, -0.2) is 0 Å². The van der Waals surface area contributed by atoms with E-state index in [0.717, 1.165) is 29.3 Å². The van der Waals surface area contributed by atoms with Gasteiger partial charge in [0.15, 0.2) is 0 Å². The standard InChI is InChI=1S/C18H20ClNO/c1-11-4-12(2)6-13(5-11)17-9-15(19)7-14-8-16(10-20-3)21-18(14)17/h4-7,9,16,20H,8,10H2,1-3H3. The molecule has 2 aromatic carbocycles. The maximum Gasteiger partial charge on any atom is 0.131 e. The number of fused-ring (bicyclic) bond motifs is 1. The summed E-state index contributed by atoms with van der Waals surface area (Å²) in [5.74, 6) is 0.990. The third kappa shape index (κ3) is 2.92. The van der Waals surface area contributed by atoms with Crippen LogP contribution in [0, 0.1) is 13.8 Å². The highest BCUT2D eigenvalue weighted by Crippen LogP contribution is 2.41. The average Bonchev–Trinajstić information content (AvgIpc) is 2.79. The highest BCUT2D eigenvalue weighted by atomic mass is 35.5. The molecule has 0 spiro atoms. The van der Waals surface area contributed by atoms with Gasteiger partial charge >= 0.3 is 0 Å². The first kappa shape index (κ1) is 14.4. The molecule has 0 fully saturated rings. The van der Waals surface area contributed by atoms with E-state index in [-0.39, 0.29) is 6.10 Å². The fourth-order valence-corrected chi connectivity index (χ4v) is 3.32. The third-order valence-corrected chi connectivity index (χ3v) is 4.05. The van der Waals surface area contributed by atoms with Crippen molar-refractivity contribution in [3.8, 4) is 16.9 Å². The third-order valence-electron chi connectivity index (χ3n) is 3.83. The van der Waals surface area contributed by atoms with Crippen LogP contribution in [0.4, 0.5) is 0 Å². The van der Waals surface area contributed by atoms with Crippen LogP contribution in [0.5, 0.6) is 5.75 Å². The lowest BCUT2D eigenvalue weighted by Gasteiger charge is -2.13. The topological polar surface area (TPSA) is 21.3 Å². The molecule has 1 aliphatic heterocycles. The Morgan fingerprint density at radius 3 is 2.52 bits per heavy atom. The molecule has 1 heterocycles. The zero-order valence-electron chi connectivity index (χ0n) is 12.7. The fourth-order valence-electron chi connectivity index (χ4n) is 3.08. The minimum absolute atomic E-state index is 0.188. The molecular weight excluding hydrogens is 282 g/mol. The largest absolute Gasteiger partial charge is 0.488 e. The second-order valence-corrected chi connectivity index (χ2v) is 6.26. The Morgan fingerprint density at radius 1 is 1.14 bits per heavy atom. The summed E-state index contributed by atoms with van der Waals surface area (Å²) >= 11 is 6.31. The van der Waals surface area contributed by atoms with Gasteiger partial charge in [-0.2, -0.15) is 0 Å². The van der Waals surface area contributed by atoms with E-state index >= 15 is 0 Å². The van der Waals surface area contributed by atoms with Crippen molar-refractivity contribution in [1.82, 2.24) is 5.32 Å². The van der Waals surface area contributed by atoms with Gasteiger partial charge in [0, 0.05) is 23.6 Å². The minimum atomic E-state index is 0.188. The molecular formula is C18H20ClNO. The van der Waals surface area contributed by atoms with Gasteiger partial charge in [-0.3, -0.25) is 0 Å². The maximum absolute atomic E-state index is 6.31. The molecule has 0 amide bonds. The van der Waals surface area contributed by atoms with Crippen molar-refractivity contribution in [3.63, 3.8) is 0 Å². The van der Waals surface area contributed by atoms with E-state index in [1.165, 1.54) is 22.3 Å². The second kappa shape index (κ2) is 5.70. The van der Waals surface area contributed by atoms with Crippen LogP contribution < -0.4 is 10.1 Å². The Labute approximate surface area is 131 Å². The van der Waals surface area contributed by atoms with Crippen LogP contribution in [0.3, 0.4) is 0 Å². The van der Waals surface area contributed by atoms with Crippen molar-refractivity contribution in [2.45, 2.75) is 26.4 Å². The summed E-state index contributed by atoms with van der Waals surface area (Å²) in [7, 11) is 1.95. The normalized spacial score (nSPS) is 16.7. The van der Waals surface area contributed by atoms with Crippen LogP contribution in [-0.4, -0.2) is 19.7 Å². The summed E-state index contributed by atoms with van der Waals surface area (Å²) < 4.78 is 6.15. The van der Waals surface area contributed by atoms with Crippen LogP contribution in [0.1, 0.15) is 16.7 Å². The molecule has 2 aromatic rings. The quantitative estimate of drug-likeness (QED) is 0.919. The molecule has 1 N–H and O–H groups in total. The van der Waals surface area contributed by atoms with Crippen molar-refractivity contribution in [2.24, 2.45) is 0 Å². The van der Waals surface area contributed by atoms with E-state index in [1.54, 1.807) is 0 Å². The van der Waals surface area contributed by atoms with E-state index in [1.807, 2.05) is 19.2 Å². The van der Waals surface area contributed by atoms with Crippen molar-refractivity contribution >= 4 is 11.6 Å². The van der Waals surface area contributed by atoms with Crippen LogP contribution >= 0.6 is 11.6 Å². The molecule has 0 radical (unpaired) electrons. The number of likely N-dealkylation sites (N-methyl/N-ethyl adjacent to an activating group) is 1. The van der Waals surface area contributed by atoms with E-state index < -0.39 is 0 Å². The second-order valence-electron chi connectivity index (χ2n) is 5.82. The zero-order chi connectivity index (χ0) is 15.0. The number of ether oxygens (including phenoxy) is 1. The van der Waals surface area contributed by atoms with E-state index in [4.69, 9.17) is 16.3 Å². The summed E-state index contributed by atoms with van der Waals surface area (Å²) in [6.45, 7) is 5.08. The predicted octanol–water partition coefficient (Wildman–Crippen LogP) is 4.15. The van der Waals surface area contributed by atoms with Crippen molar-refractivity contribution < 1.29 is 4.74 Å². The molecule has 0 saturated carbocycles. The fraction of sp³-hybridized carbons (Fsp3) is 0.333. The number of hydrogen-bond donors (Lipinski definition) is 1. The Balaban J connectivity index is 2.08. The van der Waals surface area contributed by atoms with Crippen molar-refractivity contribution in [2.75, 3.05) is 13.6 Å². The smallest absolute Gasteiger partial charge is 0.131 e. The maximum atomic E-state index is 6.31. The number of rotatable bonds is 3. The van der Waals surface area contributed by atoms with Gasteiger partial charge in [-0.05, 0) is 44.2 Å². The first-order valence-corrected chi connectivity index (χ1v) is 7.67. The Bertz CT molecular complexity index is 661. The summed E-state index contributed by atoms with van der Waals surface area (Å²) in [5, 5.41) is 3.95. The molecule has 21 heavy (non-hydrogen) atoms. The molecule has 110 valence electrons. The van der Waals surface area contributed by atoms with E-state index in [9.17, 15) is 0 Å². The molecule has 1 atom stereocenters. The number of benzene rings is 2. The molecule has 1 aliphatic rings. The monoisotopic (exact) mass is 301 g/mol. The Kier molecular flexibility index (Phi) is 3.92. The molecule has 0 aromatic heterocycles. The summed E-state index contributed by atoms with van der Waals surface area (Å²) in [6, 6.07) is 10.6. The van der Waals surface area contributed by atoms with Crippen LogP contribution in [0.25, 0.3) is 11.1 Å². The lowest BCUT2D eigenvalue weighted by atomic mass is 9.97. The van der Waals surface area contributed by atoms with Crippen LogP contribution in [-0.2, 0) is 6.42 Å². The number of aryl methyl sites for hydroxylation is 2. The van der Waals surface area contributed by atoms with Gasteiger partial charge in [0.25, 0.3) is 0 Å². The molecule has 3 heteroatoms. The number of hydrogen-bond acceptors (Lipinski definition) is 2. The predicted molar refractivity (Wildman–Crippen MR) is 88.4 cm³/mol. The van der Waals surface area contributed by atoms with Gasteiger partial charge in [-0.15, -0.1) is 0 Å². The summed E-state index contributed by atoms with van der Waals surface area (Å²) in [4.78, 5) is 0. The van der Waals surface area contributed by atoms with Gasteiger partial charge < -0.3 is 10.1 Å². The highest BCUT2D eigenvalue weighted by Gasteiger charge is 2.26. The molecule has 0 bridgehead atoms. The SMILES string of the molecule is CNCC1Cc2cc(Cl)cc(-c3cc(C)cc(C)c3)c2O1. The molecule has 0 aliphatic carbocycles. The molecule has 0 saturated heterocycles. The highest BCUT2D eigenvalue weighted by molar-refractivity contribution is 6.31. The number of nitrogens with one attached hydrogen (secondary N) is 1. The van der Waals surface area contributed by atoms with Crippen LogP contribution in [0.2, 0.25) is 5.02 Å². The lowest BCUT2D eigenvalue weighted by molar-refractivity contribution is 0.232. The molecule has 2 nitrogen and oxygen atoms in total. The summed E-state index contributed by atoms with van der Waals surface area (Å²) in [6.07, 6.45) is 1.10. The minimum Gasteiger partial charge on any atom is -0.488 e. The average molecular weight is 302 g/mol. The zero-order valence-corrected chi connectivity index (χ0v) is 13.4. The first-order valence-electron chi connectivity index (χ1n) is 7.29. The summed E-state index contributed by atoms with van der Waals surface area (Å²) in [5.41, 5.74) is 5.99. The molecule has 3 rings (SSSR count). The van der Waals surface area contributed by atoms with Gasteiger partial charge in [0.2, 0.25) is 0 Å². The first-order chi connectivity index (χ1) is 10.1. The number of halogens is 1. The van der Waals surface area contributed by atoms with Gasteiger partial charge in [-0.1, -0.05) is 40.9 Å². The van der Waals surface area contributed by atoms with Crippen molar-refractivity contribution in [3.05, 3.63) is 52.0 Å². The van der Waals surface area contributed by atoms with E-state index in [0.29, 0.717) is 0 Å². The Morgan fingerprint density at radius 2 is 1.86 bits per heavy atom. The van der Waals surface area contributed by atoms with Crippen LogP contribution in [0.15, 0.2) is 30.3 Å². The van der Waals surface area contributed by atoms with Gasteiger partial charge in [0.1, 0.15) is 11.9 Å². The molecule has 1 unspecified atom stereocenters. The van der Waals surface area contributed by atoms with E-state index in [2.05, 4.69) is 37.4 Å². The van der Waals surface area contributed by atoms with Gasteiger partial charge in [0.05, 0.1) is 0 Å².